The first-order valence-corrected chi connectivity index (χ1v) is 10.3. The molecule has 1 saturated heterocycles. The fraction of sp³-hybridized carbons (Fsp3) is 0.588. The molecule has 0 radical (unpaired) electrons. The number of guanidine groups is 1. The van der Waals surface area contributed by atoms with Crippen LogP contribution in [0.1, 0.15) is 25.3 Å². The summed E-state index contributed by atoms with van der Waals surface area (Å²) >= 11 is 0. The average Bonchev–Trinajstić information content (AvgIpc) is 2.91. The zero-order chi connectivity index (χ0) is 17.3. The number of rotatable bonds is 8. The monoisotopic (exact) mass is 352 g/mol. The summed E-state index contributed by atoms with van der Waals surface area (Å²) in [6.45, 7) is 5.25. The van der Waals surface area contributed by atoms with Gasteiger partial charge >= 0.3 is 0 Å². The van der Waals surface area contributed by atoms with Gasteiger partial charge in [-0.15, -0.1) is 0 Å². The standard InChI is InChI=1S/C17H28N4O2S/c1-2-18-17(19-11-6-10-16-8-4-3-5-9-16)20-12-14-21-13-7-15-24(21,22)23/h3-5,8-9H,2,6-7,10-15H2,1H3,(H2,18,19,20). The van der Waals surface area contributed by atoms with Gasteiger partial charge in [0.05, 0.1) is 5.75 Å². The van der Waals surface area contributed by atoms with Crippen LogP contribution in [-0.2, 0) is 16.4 Å². The molecule has 0 amide bonds. The lowest BCUT2D eigenvalue weighted by molar-refractivity contribution is 0.445. The summed E-state index contributed by atoms with van der Waals surface area (Å²) in [5.41, 5.74) is 1.32. The van der Waals surface area contributed by atoms with Crippen LogP contribution in [0.3, 0.4) is 0 Å². The summed E-state index contributed by atoms with van der Waals surface area (Å²) in [6, 6.07) is 10.4. The number of hydrogen-bond donors (Lipinski definition) is 2. The van der Waals surface area contributed by atoms with Gasteiger partial charge in [0, 0.05) is 32.7 Å². The molecule has 7 heteroatoms. The first-order chi connectivity index (χ1) is 11.6. The minimum absolute atomic E-state index is 0.278. The molecule has 0 aliphatic carbocycles. The van der Waals surface area contributed by atoms with Crippen LogP contribution in [0.5, 0.6) is 0 Å². The average molecular weight is 353 g/mol. The Morgan fingerprint density at radius 2 is 2.04 bits per heavy atom. The van der Waals surface area contributed by atoms with Gasteiger partial charge in [0.2, 0.25) is 10.0 Å². The first kappa shape index (κ1) is 18.7. The van der Waals surface area contributed by atoms with Gasteiger partial charge in [-0.1, -0.05) is 30.3 Å². The minimum atomic E-state index is -3.02. The van der Waals surface area contributed by atoms with Crippen LogP contribution >= 0.6 is 0 Å². The van der Waals surface area contributed by atoms with E-state index >= 15 is 0 Å². The van der Waals surface area contributed by atoms with Gasteiger partial charge in [0.1, 0.15) is 0 Å². The van der Waals surface area contributed by atoms with Crippen LogP contribution < -0.4 is 10.6 Å². The highest BCUT2D eigenvalue weighted by molar-refractivity contribution is 7.89. The van der Waals surface area contributed by atoms with Crippen molar-refractivity contribution in [1.82, 2.24) is 14.9 Å². The summed E-state index contributed by atoms with van der Waals surface area (Å²) in [4.78, 5) is 4.56. The Hall–Kier alpha value is -1.60. The van der Waals surface area contributed by atoms with E-state index in [1.54, 1.807) is 4.31 Å². The predicted octanol–water partition coefficient (Wildman–Crippen LogP) is 1.21. The third-order valence-corrected chi connectivity index (χ3v) is 5.89. The molecule has 1 heterocycles. The molecule has 134 valence electrons. The van der Waals surface area contributed by atoms with Crippen molar-refractivity contribution >= 4 is 16.0 Å². The van der Waals surface area contributed by atoms with Crippen molar-refractivity contribution in [3.8, 4) is 0 Å². The van der Waals surface area contributed by atoms with Crippen LogP contribution in [0.4, 0.5) is 0 Å². The number of aryl methyl sites for hydroxylation is 1. The Labute approximate surface area is 145 Å². The van der Waals surface area contributed by atoms with Crippen LogP contribution in [0.15, 0.2) is 35.3 Å². The van der Waals surface area contributed by atoms with Crippen molar-refractivity contribution in [2.24, 2.45) is 4.99 Å². The molecule has 0 saturated carbocycles. The summed E-state index contributed by atoms with van der Waals surface area (Å²) < 4.78 is 25.1. The fourth-order valence-corrected chi connectivity index (χ4v) is 4.23. The second-order valence-electron chi connectivity index (χ2n) is 5.85. The summed E-state index contributed by atoms with van der Waals surface area (Å²) in [6.07, 6.45) is 2.73. The number of sulfonamides is 1. The second kappa shape index (κ2) is 9.64. The van der Waals surface area contributed by atoms with Gasteiger partial charge in [0.15, 0.2) is 5.96 Å². The molecule has 0 unspecified atom stereocenters. The Balaban J connectivity index is 1.72. The molecule has 1 aromatic carbocycles. The third kappa shape index (κ3) is 6.13. The Bertz CT molecular complexity index is 617. The molecule has 1 aliphatic rings. The molecular weight excluding hydrogens is 324 g/mol. The normalized spacial score (nSPS) is 17.8. The van der Waals surface area contributed by atoms with E-state index in [1.165, 1.54) is 5.56 Å². The number of aliphatic imine (C=N–C) groups is 1. The highest BCUT2D eigenvalue weighted by Crippen LogP contribution is 2.11. The lowest BCUT2D eigenvalue weighted by Gasteiger charge is -2.16. The minimum Gasteiger partial charge on any atom is -0.357 e. The van der Waals surface area contributed by atoms with E-state index in [9.17, 15) is 8.42 Å². The van der Waals surface area contributed by atoms with Crippen molar-refractivity contribution < 1.29 is 8.42 Å². The highest BCUT2D eigenvalue weighted by Gasteiger charge is 2.27. The zero-order valence-electron chi connectivity index (χ0n) is 14.4. The molecule has 0 aromatic heterocycles. The van der Waals surface area contributed by atoms with E-state index in [1.807, 2.05) is 13.0 Å². The SMILES string of the molecule is CCNC(=NCCCc1ccccc1)NCCN1CCCS1(=O)=O. The molecule has 2 N–H and O–H groups in total. The largest absolute Gasteiger partial charge is 0.357 e. The van der Waals surface area contributed by atoms with Gasteiger partial charge < -0.3 is 10.6 Å². The molecule has 1 aromatic rings. The molecule has 0 atom stereocenters. The summed E-state index contributed by atoms with van der Waals surface area (Å²) in [7, 11) is -3.02. The molecule has 0 spiro atoms. The maximum absolute atomic E-state index is 11.8. The zero-order valence-corrected chi connectivity index (χ0v) is 15.2. The quantitative estimate of drug-likeness (QED) is 0.419. The number of nitrogens with one attached hydrogen (secondary N) is 2. The Kier molecular flexibility index (Phi) is 7.52. The van der Waals surface area contributed by atoms with E-state index in [-0.39, 0.29) is 5.75 Å². The maximum Gasteiger partial charge on any atom is 0.214 e. The highest BCUT2D eigenvalue weighted by atomic mass is 32.2. The first-order valence-electron chi connectivity index (χ1n) is 8.66. The van der Waals surface area contributed by atoms with E-state index in [2.05, 4.69) is 39.9 Å². The van der Waals surface area contributed by atoms with E-state index in [0.717, 1.165) is 38.3 Å². The molecule has 2 rings (SSSR count). The van der Waals surface area contributed by atoms with Crippen LogP contribution in [0.2, 0.25) is 0 Å². The topological polar surface area (TPSA) is 73.8 Å². The van der Waals surface area contributed by atoms with Crippen LogP contribution in [0, 0.1) is 0 Å². The summed E-state index contributed by atoms with van der Waals surface area (Å²) in [5, 5.41) is 6.42. The Morgan fingerprint density at radius 1 is 1.25 bits per heavy atom. The molecular formula is C17H28N4O2S. The van der Waals surface area contributed by atoms with Gasteiger partial charge in [-0.05, 0) is 31.7 Å². The molecule has 6 nitrogen and oxygen atoms in total. The second-order valence-corrected chi connectivity index (χ2v) is 7.93. The number of benzene rings is 1. The van der Waals surface area contributed by atoms with E-state index in [0.29, 0.717) is 19.6 Å². The van der Waals surface area contributed by atoms with Crippen molar-refractivity contribution in [2.75, 3.05) is 38.5 Å². The van der Waals surface area contributed by atoms with Crippen LogP contribution in [-0.4, -0.2) is 57.2 Å². The Morgan fingerprint density at radius 3 is 2.71 bits per heavy atom. The van der Waals surface area contributed by atoms with Crippen molar-refractivity contribution in [3.05, 3.63) is 35.9 Å². The van der Waals surface area contributed by atoms with E-state index < -0.39 is 10.0 Å². The maximum atomic E-state index is 11.8. The van der Waals surface area contributed by atoms with Gasteiger partial charge in [0.25, 0.3) is 0 Å². The van der Waals surface area contributed by atoms with Crippen molar-refractivity contribution in [1.29, 1.82) is 0 Å². The predicted molar refractivity (Wildman–Crippen MR) is 98.7 cm³/mol. The van der Waals surface area contributed by atoms with Gasteiger partial charge in [-0.2, -0.15) is 0 Å². The molecule has 0 bridgehead atoms. The van der Waals surface area contributed by atoms with E-state index in [4.69, 9.17) is 0 Å². The fourth-order valence-electron chi connectivity index (χ4n) is 2.70. The van der Waals surface area contributed by atoms with Gasteiger partial charge in [-0.3, -0.25) is 4.99 Å². The number of hydrogen-bond acceptors (Lipinski definition) is 3. The van der Waals surface area contributed by atoms with Crippen LogP contribution in [0.25, 0.3) is 0 Å². The summed E-state index contributed by atoms with van der Waals surface area (Å²) in [5.74, 6) is 1.03. The molecule has 24 heavy (non-hydrogen) atoms. The molecule has 1 fully saturated rings. The lowest BCUT2D eigenvalue weighted by atomic mass is 10.1. The van der Waals surface area contributed by atoms with Crippen molar-refractivity contribution in [2.45, 2.75) is 26.2 Å². The lowest BCUT2D eigenvalue weighted by Crippen LogP contribution is -2.42. The van der Waals surface area contributed by atoms with Gasteiger partial charge in [-0.25, -0.2) is 12.7 Å². The smallest absolute Gasteiger partial charge is 0.214 e. The molecule has 1 aliphatic heterocycles. The number of nitrogens with zero attached hydrogens (tertiary/aromatic N) is 2. The van der Waals surface area contributed by atoms with Crippen molar-refractivity contribution in [3.63, 3.8) is 0 Å². The third-order valence-electron chi connectivity index (χ3n) is 3.94.